The third kappa shape index (κ3) is 5.08. The molecule has 1 atom stereocenters. The van der Waals surface area contributed by atoms with Crippen LogP contribution in [0.5, 0.6) is 0 Å². The monoisotopic (exact) mass is 336 g/mol. The molecule has 1 saturated heterocycles. The van der Waals surface area contributed by atoms with E-state index in [-0.39, 0.29) is 23.8 Å². The largest absolute Gasteiger partial charge is 0.481 e. The van der Waals surface area contributed by atoms with Crippen LogP contribution >= 0.6 is 0 Å². The highest BCUT2D eigenvalue weighted by Gasteiger charge is 2.27. The van der Waals surface area contributed by atoms with Gasteiger partial charge in [-0.3, -0.25) is 9.59 Å². The molecule has 0 bridgehead atoms. The molecule has 0 aliphatic carbocycles. The first-order valence-corrected chi connectivity index (χ1v) is 8.74. The molecule has 1 aromatic heterocycles. The highest BCUT2D eigenvalue weighted by Crippen LogP contribution is 2.24. The summed E-state index contributed by atoms with van der Waals surface area (Å²) < 4.78 is 5.73. The summed E-state index contributed by atoms with van der Waals surface area (Å²) in [6.07, 6.45) is 6.16. The lowest BCUT2D eigenvalue weighted by Gasteiger charge is -2.35. The summed E-state index contributed by atoms with van der Waals surface area (Å²) in [4.78, 5) is 29.5. The number of carboxylic acid groups (broad SMARTS) is 1. The maximum absolute atomic E-state index is 12.5. The van der Waals surface area contributed by atoms with Crippen molar-refractivity contribution in [1.82, 2.24) is 9.88 Å². The third-order valence-electron chi connectivity index (χ3n) is 4.48. The number of carbonyl (C=O) groups excluding carboxylic acids is 1. The lowest BCUT2D eigenvalue weighted by Crippen LogP contribution is -2.44. The third-order valence-corrected chi connectivity index (χ3v) is 4.48. The van der Waals surface area contributed by atoms with Crippen LogP contribution in [0.15, 0.2) is 10.6 Å². The van der Waals surface area contributed by atoms with Crippen LogP contribution in [-0.4, -0.2) is 39.5 Å². The van der Waals surface area contributed by atoms with Crippen LogP contribution in [0.3, 0.4) is 0 Å². The van der Waals surface area contributed by atoms with Crippen molar-refractivity contribution in [2.75, 3.05) is 6.54 Å². The SMILES string of the molecule is CC(C)(C)c1cnc(CCC(=O)N2CCCCC2CCC(=O)O)o1. The number of aromatic nitrogens is 1. The van der Waals surface area contributed by atoms with Crippen LogP contribution in [0, 0.1) is 0 Å². The molecule has 0 saturated carbocycles. The molecule has 24 heavy (non-hydrogen) atoms. The van der Waals surface area contributed by atoms with Gasteiger partial charge in [-0.05, 0) is 25.7 Å². The van der Waals surface area contributed by atoms with Crippen molar-refractivity contribution in [3.63, 3.8) is 0 Å². The van der Waals surface area contributed by atoms with Crippen LogP contribution in [-0.2, 0) is 21.4 Å². The van der Waals surface area contributed by atoms with E-state index in [2.05, 4.69) is 25.8 Å². The minimum Gasteiger partial charge on any atom is -0.481 e. The number of piperidine rings is 1. The van der Waals surface area contributed by atoms with Gasteiger partial charge < -0.3 is 14.4 Å². The molecule has 0 aromatic carbocycles. The summed E-state index contributed by atoms with van der Waals surface area (Å²) in [5.41, 5.74) is -0.0932. The van der Waals surface area contributed by atoms with E-state index < -0.39 is 5.97 Å². The average molecular weight is 336 g/mol. The quantitative estimate of drug-likeness (QED) is 0.862. The fourth-order valence-electron chi connectivity index (χ4n) is 3.05. The number of rotatable bonds is 6. The maximum atomic E-state index is 12.5. The number of likely N-dealkylation sites (tertiary alicyclic amines) is 1. The molecule has 1 aromatic rings. The molecule has 1 unspecified atom stereocenters. The molecule has 2 rings (SSSR count). The van der Waals surface area contributed by atoms with Gasteiger partial charge in [-0.1, -0.05) is 20.8 Å². The van der Waals surface area contributed by atoms with Crippen molar-refractivity contribution in [3.05, 3.63) is 17.8 Å². The van der Waals surface area contributed by atoms with E-state index in [1.807, 2.05) is 4.90 Å². The lowest BCUT2D eigenvalue weighted by atomic mass is 9.94. The Hall–Kier alpha value is -1.85. The molecule has 0 spiro atoms. The minimum atomic E-state index is -0.803. The smallest absolute Gasteiger partial charge is 0.303 e. The topological polar surface area (TPSA) is 83.6 Å². The van der Waals surface area contributed by atoms with Crippen LogP contribution in [0.1, 0.15) is 70.9 Å². The predicted molar refractivity (Wildman–Crippen MR) is 89.7 cm³/mol. The lowest BCUT2D eigenvalue weighted by molar-refractivity contribution is -0.140. The minimum absolute atomic E-state index is 0.0528. The first-order chi connectivity index (χ1) is 11.3. The summed E-state index contributed by atoms with van der Waals surface area (Å²) in [5.74, 6) is 0.678. The molecule has 134 valence electrons. The number of carbonyl (C=O) groups is 2. The fraction of sp³-hybridized carbons (Fsp3) is 0.722. The Balaban J connectivity index is 1.90. The highest BCUT2D eigenvalue weighted by molar-refractivity contribution is 5.77. The molecule has 6 heteroatoms. The van der Waals surface area contributed by atoms with Crippen molar-refractivity contribution < 1.29 is 19.1 Å². The van der Waals surface area contributed by atoms with E-state index in [0.717, 1.165) is 31.6 Å². The Morgan fingerprint density at radius 1 is 1.33 bits per heavy atom. The molecular formula is C18H28N2O4. The van der Waals surface area contributed by atoms with Crippen molar-refractivity contribution in [1.29, 1.82) is 0 Å². The fourth-order valence-corrected chi connectivity index (χ4v) is 3.05. The van der Waals surface area contributed by atoms with E-state index in [1.54, 1.807) is 6.20 Å². The number of nitrogens with zero attached hydrogens (tertiary/aromatic N) is 2. The normalized spacial score (nSPS) is 18.6. The molecular weight excluding hydrogens is 308 g/mol. The Kier molecular flexibility index (Phi) is 6.02. The molecule has 1 N–H and O–H groups in total. The van der Waals surface area contributed by atoms with Crippen LogP contribution in [0.4, 0.5) is 0 Å². The number of aryl methyl sites for hydroxylation is 1. The van der Waals surface area contributed by atoms with E-state index >= 15 is 0 Å². The van der Waals surface area contributed by atoms with Gasteiger partial charge in [0, 0.05) is 37.3 Å². The number of aliphatic carboxylic acids is 1. The summed E-state index contributed by atoms with van der Waals surface area (Å²) >= 11 is 0. The van der Waals surface area contributed by atoms with E-state index in [1.165, 1.54) is 0 Å². The van der Waals surface area contributed by atoms with Gasteiger partial charge in [0.1, 0.15) is 5.76 Å². The number of hydrogen-bond acceptors (Lipinski definition) is 4. The number of amides is 1. The average Bonchev–Trinajstić information content (AvgIpc) is 3.00. The predicted octanol–water partition coefficient (Wildman–Crippen LogP) is 3.15. The van der Waals surface area contributed by atoms with E-state index in [0.29, 0.717) is 25.2 Å². The highest BCUT2D eigenvalue weighted by atomic mass is 16.4. The number of hydrogen-bond donors (Lipinski definition) is 1. The van der Waals surface area contributed by atoms with Gasteiger partial charge in [-0.15, -0.1) is 0 Å². The molecule has 1 aliphatic heterocycles. The molecule has 1 fully saturated rings. The molecule has 0 radical (unpaired) electrons. The Bertz CT molecular complexity index is 574. The molecule has 6 nitrogen and oxygen atoms in total. The van der Waals surface area contributed by atoms with Gasteiger partial charge in [0.05, 0.1) is 6.20 Å². The molecule has 1 aliphatic rings. The van der Waals surface area contributed by atoms with Gasteiger partial charge in [0.15, 0.2) is 5.89 Å². The first kappa shape index (κ1) is 18.5. The second kappa shape index (κ2) is 7.81. The van der Waals surface area contributed by atoms with Crippen molar-refractivity contribution in [3.8, 4) is 0 Å². The molecule has 2 heterocycles. The second-order valence-electron chi connectivity index (χ2n) is 7.54. The second-order valence-corrected chi connectivity index (χ2v) is 7.54. The van der Waals surface area contributed by atoms with E-state index in [4.69, 9.17) is 9.52 Å². The Morgan fingerprint density at radius 2 is 2.08 bits per heavy atom. The molecule has 1 amide bonds. The standard InChI is InChI=1S/C18H28N2O4/c1-18(2,3)14-12-19-15(24-14)8-9-16(21)20-11-5-4-6-13(20)7-10-17(22)23/h12-13H,4-11H2,1-3H3,(H,22,23). The zero-order valence-electron chi connectivity index (χ0n) is 14.9. The van der Waals surface area contributed by atoms with Crippen LogP contribution in [0.2, 0.25) is 0 Å². The summed E-state index contributed by atoms with van der Waals surface area (Å²) in [5, 5.41) is 8.86. The van der Waals surface area contributed by atoms with Gasteiger partial charge in [-0.25, -0.2) is 4.98 Å². The summed E-state index contributed by atoms with van der Waals surface area (Å²) in [7, 11) is 0. The number of carboxylic acids is 1. The first-order valence-electron chi connectivity index (χ1n) is 8.74. The summed E-state index contributed by atoms with van der Waals surface area (Å²) in [6.45, 7) is 6.90. The summed E-state index contributed by atoms with van der Waals surface area (Å²) in [6, 6.07) is 0.0528. The zero-order valence-corrected chi connectivity index (χ0v) is 14.9. The Labute approximate surface area is 143 Å². The zero-order chi connectivity index (χ0) is 17.7. The van der Waals surface area contributed by atoms with Crippen LogP contribution in [0.25, 0.3) is 0 Å². The van der Waals surface area contributed by atoms with Crippen molar-refractivity contribution in [2.45, 2.75) is 77.2 Å². The van der Waals surface area contributed by atoms with Gasteiger partial charge >= 0.3 is 5.97 Å². The van der Waals surface area contributed by atoms with Gasteiger partial charge in [0.2, 0.25) is 5.91 Å². The van der Waals surface area contributed by atoms with Gasteiger partial charge in [-0.2, -0.15) is 0 Å². The Morgan fingerprint density at radius 3 is 2.71 bits per heavy atom. The van der Waals surface area contributed by atoms with E-state index in [9.17, 15) is 9.59 Å². The van der Waals surface area contributed by atoms with Crippen molar-refractivity contribution in [2.24, 2.45) is 0 Å². The van der Waals surface area contributed by atoms with Gasteiger partial charge in [0.25, 0.3) is 0 Å². The number of oxazole rings is 1. The maximum Gasteiger partial charge on any atom is 0.303 e. The van der Waals surface area contributed by atoms with Crippen LogP contribution < -0.4 is 0 Å². The van der Waals surface area contributed by atoms with Crippen molar-refractivity contribution >= 4 is 11.9 Å².